The number of likely N-dealkylation sites (tertiary alicyclic amines) is 1. The summed E-state index contributed by atoms with van der Waals surface area (Å²) in [5, 5.41) is 3.42. The fourth-order valence-corrected chi connectivity index (χ4v) is 4.38. The first-order valence-electron chi connectivity index (χ1n) is 11.5. The first-order chi connectivity index (χ1) is 15.0. The topological polar surface area (TPSA) is 54.4 Å². The van der Waals surface area contributed by atoms with E-state index in [-0.39, 0.29) is 41.7 Å². The number of hydrogen-bond acceptors (Lipinski definition) is 4. The minimum absolute atomic E-state index is 0. The van der Waals surface area contributed by atoms with E-state index >= 15 is 0 Å². The van der Waals surface area contributed by atoms with Crippen LogP contribution in [0.4, 0.5) is 10.1 Å². The standard InChI is InChI=1S/C23H37FN6O.HI/c1-4-25-23(26-12-6-14-29-13-5-7-21(29)22(31)27(2)3)30-17-15-28(16-18-30)20-10-8-19(24)9-11-20;/h8-11,21H,4-7,12-18H2,1-3H3,(H,25,26);1H. The third kappa shape index (κ3) is 7.19. The van der Waals surface area contributed by atoms with Gasteiger partial charge in [-0.1, -0.05) is 0 Å². The van der Waals surface area contributed by atoms with E-state index in [0.717, 1.165) is 83.3 Å². The molecule has 3 rings (SSSR count). The van der Waals surface area contributed by atoms with Gasteiger partial charge in [-0.3, -0.25) is 14.7 Å². The normalized spacial score (nSPS) is 19.6. The highest BCUT2D eigenvalue weighted by molar-refractivity contribution is 14.0. The SMILES string of the molecule is CCNC(=NCCCN1CCCC1C(=O)N(C)C)N1CCN(c2ccc(F)cc2)CC1.I. The van der Waals surface area contributed by atoms with Gasteiger partial charge in [-0.25, -0.2) is 4.39 Å². The van der Waals surface area contributed by atoms with Crippen molar-refractivity contribution in [2.45, 2.75) is 32.2 Å². The Hall–Kier alpha value is -1.62. The van der Waals surface area contributed by atoms with Gasteiger partial charge in [0.15, 0.2) is 5.96 Å². The zero-order valence-corrected chi connectivity index (χ0v) is 21.9. The maximum atomic E-state index is 13.2. The minimum Gasteiger partial charge on any atom is -0.368 e. The minimum atomic E-state index is -0.199. The molecule has 0 spiro atoms. The van der Waals surface area contributed by atoms with E-state index in [1.165, 1.54) is 12.1 Å². The van der Waals surface area contributed by atoms with Crippen LogP contribution < -0.4 is 10.2 Å². The van der Waals surface area contributed by atoms with Gasteiger partial charge in [-0.15, -0.1) is 24.0 Å². The lowest BCUT2D eigenvalue weighted by Gasteiger charge is -2.37. The number of benzene rings is 1. The van der Waals surface area contributed by atoms with Crippen molar-refractivity contribution >= 4 is 41.5 Å². The number of anilines is 1. The van der Waals surface area contributed by atoms with Gasteiger partial charge in [0.05, 0.1) is 6.04 Å². The molecule has 1 atom stereocenters. The lowest BCUT2D eigenvalue weighted by Crippen LogP contribution is -2.52. The Balaban J connectivity index is 0.00000363. The lowest BCUT2D eigenvalue weighted by atomic mass is 10.2. The molecule has 0 aliphatic carbocycles. The van der Waals surface area contributed by atoms with Gasteiger partial charge in [0.2, 0.25) is 5.91 Å². The molecule has 1 unspecified atom stereocenters. The van der Waals surface area contributed by atoms with E-state index in [1.54, 1.807) is 4.90 Å². The van der Waals surface area contributed by atoms with Crippen LogP contribution in [0.1, 0.15) is 26.2 Å². The van der Waals surface area contributed by atoms with Gasteiger partial charge >= 0.3 is 0 Å². The molecule has 180 valence electrons. The molecule has 2 aliphatic rings. The van der Waals surface area contributed by atoms with Crippen molar-refractivity contribution in [3.05, 3.63) is 30.1 Å². The molecular weight excluding hydrogens is 522 g/mol. The number of carbonyl (C=O) groups is 1. The van der Waals surface area contributed by atoms with Crippen LogP contribution in [-0.4, -0.2) is 99.1 Å². The van der Waals surface area contributed by atoms with E-state index in [4.69, 9.17) is 4.99 Å². The second kappa shape index (κ2) is 13.2. The molecule has 32 heavy (non-hydrogen) atoms. The molecule has 9 heteroatoms. The Morgan fingerprint density at radius 2 is 1.84 bits per heavy atom. The number of nitrogens with zero attached hydrogens (tertiary/aromatic N) is 5. The van der Waals surface area contributed by atoms with E-state index in [1.807, 2.05) is 26.2 Å². The summed E-state index contributed by atoms with van der Waals surface area (Å²) in [6.45, 7) is 9.12. The summed E-state index contributed by atoms with van der Waals surface area (Å²) in [7, 11) is 3.67. The van der Waals surface area contributed by atoms with Gasteiger partial charge < -0.3 is 20.0 Å². The van der Waals surface area contributed by atoms with E-state index < -0.39 is 0 Å². The Labute approximate surface area is 209 Å². The quantitative estimate of drug-likeness (QED) is 0.241. The van der Waals surface area contributed by atoms with Crippen molar-refractivity contribution in [1.82, 2.24) is 20.0 Å². The summed E-state index contributed by atoms with van der Waals surface area (Å²) in [6, 6.07) is 6.76. The molecule has 0 saturated carbocycles. The van der Waals surface area contributed by atoms with Gasteiger partial charge in [0.25, 0.3) is 0 Å². The van der Waals surface area contributed by atoms with Crippen LogP contribution in [0.3, 0.4) is 0 Å². The summed E-state index contributed by atoms with van der Waals surface area (Å²) < 4.78 is 13.2. The summed E-state index contributed by atoms with van der Waals surface area (Å²) in [5.74, 6) is 0.979. The Kier molecular flexibility index (Phi) is 11.0. The number of rotatable bonds is 7. The Morgan fingerprint density at radius 1 is 1.16 bits per heavy atom. The van der Waals surface area contributed by atoms with Crippen LogP contribution in [-0.2, 0) is 4.79 Å². The lowest BCUT2D eigenvalue weighted by molar-refractivity contribution is -0.133. The summed E-state index contributed by atoms with van der Waals surface area (Å²) in [4.78, 5) is 25.8. The van der Waals surface area contributed by atoms with Crippen molar-refractivity contribution in [3.8, 4) is 0 Å². The molecule has 1 aromatic rings. The molecule has 2 fully saturated rings. The number of piperazine rings is 1. The largest absolute Gasteiger partial charge is 0.368 e. The fourth-order valence-electron chi connectivity index (χ4n) is 4.38. The first-order valence-corrected chi connectivity index (χ1v) is 11.5. The Morgan fingerprint density at radius 3 is 2.47 bits per heavy atom. The zero-order chi connectivity index (χ0) is 22.2. The smallest absolute Gasteiger partial charge is 0.239 e. The summed E-state index contributed by atoms with van der Waals surface area (Å²) in [5.41, 5.74) is 1.07. The number of carbonyl (C=O) groups excluding carboxylic acids is 1. The molecule has 2 saturated heterocycles. The number of nitrogens with one attached hydrogen (secondary N) is 1. The van der Waals surface area contributed by atoms with Crippen LogP contribution in [0.25, 0.3) is 0 Å². The van der Waals surface area contributed by atoms with Gasteiger partial charge in [0.1, 0.15) is 5.82 Å². The van der Waals surface area contributed by atoms with E-state index in [9.17, 15) is 9.18 Å². The third-order valence-electron chi connectivity index (χ3n) is 6.06. The van der Waals surface area contributed by atoms with Crippen molar-refractivity contribution in [2.24, 2.45) is 4.99 Å². The average molecular weight is 561 g/mol. The number of amides is 1. The number of halogens is 2. The molecule has 7 nitrogen and oxygen atoms in total. The average Bonchev–Trinajstić information content (AvgIpc) is 3.24. The molecule has 1 amide bonds. The number of guanidine groups is 1. The maximum Gasteiger partial charge on any atom is 0.239 e. The van der Waals surface area contributed by atoms with Crippen molar-refractivity contribution in [2.75, 3.05) is 71.4 Å². The van der Waals surface area contributed by atoms with Gasteiger partial charge in [-0.05, 0) is 57.0 Å². The number of hydrogen-bond donors (Lipinski definition) is 1. The third-order valence-corrected chi connectivity index (χ3v) is 6.06. The monoisotopic (exact) mass is 560 g/mol. The van der Waals surface area contributed by atoms with Crippen LogP contribution in [0.5, 0.6) is 0 Å². The summed E-state index contributed by atoms with van der Waals surface area (Å²) >= 11 is 0. The maximum absolute atomic E-state index is 13.2. The highest BCUT2D eigenvalue weighted by atomic mass is 127. The highest BCUT2D eigenvalue weighted by Crippen LogP contribution is 2.19. The molecule has 0 radical (unpaired) electrons. The molecular formula is C23H38FIN6O. The molecule has 2 aliphatic heterocycles. The number of likely N-dealkylation sites (N-methyl/N-ethyl adjacent to an activating group) is 1. The van der Waals surface area contributed by atoms with Crippen LogP contribution in [0.2, 0.25) is 0 Å². The Bertz CT molecular complexity index is 737. The number of aliphatic imine (C=N–C) groups is 1. The molecule has 0 aromatic heterocycles. The second-order valence-electron chi connectivity index (χ2n) is 8.47. The van der Waals surface area contributed by atoms with Crippen molar-refractivity contribution < 1.29 is 9.18 Å². The molecule has 2 heterocycles. The van der Waals surface area contributed by atoms with Crippen LogP contribution >= 0.6 is 24.0 Å². The summed E-state index contributed by atoms with van der Waals surface area (Å²) in [6.07, 6.45) is 3.00. The first kappa shape index (κ1) is 26.6. The predicted octanol–water partition coefficient (Wildman–Crippen LogP) is 2.47. The predicted molar refractivity (Wildman–Crippen MR) is 139 cm³/mol. The fraction of sp³-hybridized carbons (Fsp3) is 0.652. The van der Waals surface area contributed by atoms with E-state index in [0.29, 0.717) is 0 Å². The highest BCUT2D eigenvalue weighted by Gasteiger charge is 2.31. The molecule has 1 aromatic carbocycles. The van der Waals surface area contributed by atoms with Crippen molar-refractivity contribution in [3.63, 3.8) is 0 Å². The zero-order valence-electron chi connectivity index (χ0n) is 19.6. The van der Waals surface area contributed by atoms with E-state index in [2.05, 4.69) is 26.9 Å². The molecule has 1 N–H and O–H groups in total. The van der Waals surface area contributed by atoms with Gasteiger partial charge in [0, 0.05) is 65.6 Å². The van der Waals surface area contributed by atoms with Crippen molar-refractivity contribution in [1.29, 1.82) is 0 Å². The molecule has 0 bridgehead atoms. The van der Waals surface area contributed by atoms with Gasteiger partial charge in [-0.2, -0.15) is 0 Å². The van der Waals surface area contributed by atoms with Crippen LogP contribution in [0.15, 0.2) is 29.3 Å². The van der Waals surface area contributed by atoms with Crippen LogP contribution in [0, 0.1) is 5.82 Å². The second-order valence-corrected chi connectivity index (χ2v) is 8.47.